The zero-order valence-corrected chi connectivity index (χ0v) is 12.4. The highest BCUT2D eigenvalue weighted by molar-refractivity contribution is 6.30. The molecule has 1 saturated heterocycles. The lowest BCUT2D eigenvalue weighted by Crippen LogP contribution is -2.55. The molecule has 2 unspecified atom stereocenters. The van der Waals surface area contributed by atoms with Crippen molar-refractivity contribution in [1.82, 2.24) is 10.2 Å². The Hall–Kier alpha value is -0.640. The predicted molar refractivity (Wildman–Crippen MR) is 78.0 cm³/mol. The van der Waals surface area contributed by atoms with E-state index in [1.807, 2.05) is 12.1 Å². The molecular weight excluding hydrogens is 263 g/mol. The standard InChI is InChI=1S/C15H22ClFN2/c1-3-12-10-19(13(4-2)8-18-12)9-11-6-5-7-14(16)15(11)17/h5-7,12-13,18H,3-4,8-10H2,1-2H3. The van der Waals surface area contributed by atoms with Crippen LogP contribution in [0, 0.1) is 5.82 Å². The van der Waals surface area contributed by atoms with Gasteiger partial charge >= 0.3 is 0 Å². The van der Waals surface area contributed by atoms with Crippen LogP contribution in [-0.4, -0.2) is 30.1 Å². The van der Waals surface area contributed by atoms with Gasteiger partial charge in [-0.15, -0.1) is 0 Å². The highest BCUT2D eigenvalue weighted by Crippen LogP contribution is 2.22. The van der Waals surface area contributed by atoms with Gasteiger partial charge < -0.3 is 5.32 Å². The monoisotopic (exact) mass is 284 g/mol. The van der Waals surface area contributed by atoms with Crippen LogP contribution >= 0.6 is 11.6 Å². The highest BCUT2D eigenvalue weighted by Gasteiger charge is 2.26. The Labute approximate surface area is 119 Å². The van der Waals surface area contributed by atoms with Gasteiger partial charge in [-0.3, -0.25) is 4.90 Å². The van der Waals surface area contributed by atoms with E-state index < -0.39 is 0 Å². The van der Waals surface area contributed by atoms with Gasteiger partial charge in [-0.1, -0.05) is 37.6 Å². The summed E-state index contributed by atoms with van der Waals surface area (Å²) in [5, 5.41) is 3.77. The van der Waals surface area contributed by atoms with Crippen LogP contribution in [0.25, 0.3) is 0 Å². The largest absolute Gasteiger partial charge is 0.311 e. The van der Waals surface area contributed by atoms with E-state index in [1.54, 1.807) is 6.07 Å². The van der Waals surface area contributed by atoms with E-state index in [2.05, 4.69) is 24.1 Å². The molecule has 1 fully saturated rings. The number of nitrogens with one attached hydrogen (secondary N) is 1. The molecule has 1 aliphatic heterocycles. The maximum absolute atomic E-state index is 14.0. The topological polar surface area (TPSA) is 15.3 Å². The second kappa shape index (κ2) is 6.69. The van der Waals surface area contributed by atoms with Crippen LogP contribution in [0.15, 0.2) is 18.2 Å². The second-order valence-electron chi connectivity index (χ2n) is 5.22. The summed E-state index contributed by atoms with van der Waals surface area (Å²) in [6, 6.07) is 6.23. The van der Waals surface area contributed by atoms with Gasteiger partial charge in [0.15, 0.2) is 0 Å². The van der Waals surface area contributed by atoms with E-state index in [4.69, 9.17) is 11.6 Å². The average molecular weight is 285 g/mol. The molecule has 0 amide bonds. The number of rotatable bonds is 4. The Morgan fingerprint density at radius 1 is 1.37 bits per heavy atom. The van der Waals surface area contributed by atoms with Crippen molar-refractivity contribution < 1.29 is 4.39 Å². The molecule has 19 heavy (non-hydrogen) atoms. The molecule has 2 atom stereocenters. The van der Waals surface area contributed by atoms with Crippen LogP contribution < -0.4 is 5.32 Å². The first kappa shape index (κ1) is 14.8. The molecule has 0 aromatic heterocycles. The molecule has 0 radical (unpaired) electrons. The van der Waals surface area contributed by atoms with Gasteiger partial charge in [-0.25, -0.2) is 4.39 Å². The SMILES string of the molecule is CCC1CN(Cc2cccc(Cl)c2F)C(CC)CN1. The lowest BCUT2D eigenvalue weighted by Gasteiger charge is -2.40. The summed E-state index contributed by atoms with van der Waals surface area (Å²) in [7, 11) is 0. The van der Waals surface area contributed by atoms with Crippen LogP contribution in [-0.2, 0) is 6.54 Å². The normalized spacial score (nSPS) is 24.6. The summed E-state index contributed by atoms with van der Waals surface area (Å²) in [4.78, 5) is 2.37. The lowest BCUT2D eigenvalue weighted by molar-refractivity contribution is 0.116. The summed E-state index contributed by atoms with van der Waals surface area (Å²) >= 11 is 5.85. The van der Waals surface area contributed by atoms with Crippen molar-refractivity contribution in [3.8, 4) is 0 Å². The molecule has 0 aliphatic carbocycles. The van der Waals surface area contributed by atoms with Crippen LogP contribution in [0.5, 0.6) is 0 Å². The number of piperazine rings is 1. The summed E-state index contributed by atoms with van der Waals surface area (Å²) in [6.45, 7) is 6.96. The van der Waals surface area contributed by atoms with E-state index in [0.29, 0.717) is 24.2 Å². The van der Waals surface area contributed by atoms with Gasteiger partial charge in [-0.2, -0.15) is 0 Å². The number of hydrogen-bond acceptors (Lipinski definition) is 2. The van der Waals surface area contributed by atoms with Crippen molar-refractivity contribution in [1.29, 1.82) is 0 Å². The molecule has 1 aromatic carbocycles. The Morgan fingerprint density at radius 3 is 2.84 bits per heavy atom. The maximum atomic E-state index is 14.0. The van der Waals surface area contributed by atoms with Crippen LogP contribution in [0.2, 0.25) is 5.02 Å². The van der Waals surface area contributed by atoms with Gasteiger partial charge in [0, 0.05) is 37.3 Å². The number of benzene rings is 1. The molecule has 1 aliphatic rings. The Bertz CT molecular complexity index is 425. The minimum Gasteiger partial charge on any atom is -0.311 e. The molecule has 1 N–H and O–H groups in total. The lowest BCUT2D eigenvalue weighted by atomic mass is 10.0. The minimum atomic E-state index is -0.273. The van der Waals surface area contributed by atoms with Crippen molar-refractivity contribution in [3.05, 3.63) is 34.6 Å². The number of hydrogen-bond donors (Lipinski definition) is 1. The molecule has 2 nitrogen and oxygen atoms in total. The van der Waals surface area contributed by atoms with Gasteiger partial charge in [0.2, 0.25) is 0 Å². The van der Waals surface area contributed by atoms with Crippen LogP contribution in [0.4, 0.5) is 4.39 Å². The summed E-state index contributed by atoms with van der Waals surface area (Å²) < 4.78 is 14.0. The van der Waals surface area contributed by atoms with Crippen molar-refractivity contribution in [3.63, 3.8) is 0 Å². The van der Waals surface area contributed by atoms with Crippen molar-refractivity contribution in [2.45, 2.75) is 45.3 Å². The zero-order valence-electron chi connectivity index (χ0n) is 11.6. The molecule has 106 valence electrons. The highest BCUT2D eigenvalue weighted by atomic mass is 35.5. The molecule has 2 rings (SSSR count). The average Bonchev–Trinajstić information content (AvgIpc) is 2.43. The second-order valence-corrected chi connectivity index (χ2v) is 5.63. The Kier molecular flexibility index (Phi) is 5.20. The minimum absolute atomic E-state index is 0.215. The van der Waals surface area contributed by atoms with E-state index in [0.717, 1.165) is 25.9 Å². The third-order valence-corrected chi connectivity index (χ3v) is 4.27. The third kappa shape index (κ3) is 3.47. The van der Waals surface area contributed by atoms with Crippen LogP contribution in [0.1, 0.15) is 32.3 Å². The van der Waals surface area contributed by atoms with E-state index >= 15 is 0 Å². The van der Waals surface area contributed by atoms with Gasteiger partial charge in [0.1, 0.15) is 5.82 Å². The van der Waals surface area contributed by atoms with E-state index in [9.17, 15) is 4.39 Å². The first-order valence-electron chi connectivity index (χ1n) is 7.06. The molecule has 1 heterocycles. The maximum Gasteiger partial charge on any atom is 0.146 e. The molecule has 4 heteroatoms. The Morgan fingerprint density at radius 2 is 2.16 bits per heavy atom. The van der Waals surface area contributed by atoms with Crippen molar-refractivity contribution in [2.24, 2.45) is 0 Å². The fourth-order valence-corrected chi connectivity index (χ4v) is 2.88. The molecule has 0 bridgehead atoms. The quantitative estimate of drug-likeness (QED) is 0.911. The summed E-state index contributed by atoms with van der Waals surface area (Å²) in [6.07, 6.45) is 2.18. The molecule has 0 saturated carbocycles. The van der Waals surface area contributed by atoms with Crippen molar-refractivity contribution >= 4 is 11.6 Å². The Balaban J connectivity index is 2.12. The first-order chi connectivity index (χ1) is 9.15. The molecule has 0 spiro atoms. The number of nitrogens with zero attached hydrogens (tertiary/aromatic N) is 1. The molecule has 1 aromatic rings. The third-order valence-electron chi connectivity index (χ3n) is 3.98. The predicted octanol–water partition coefficient (Wildman–Crippen LogP) is 3.44. The first-order valence-corrected chi connectivity index (χ1v) is 7.43. The molecular formula is C15H22ClFN2. The van der Waals surface area contributed by atoms with Gasteiger partial charge in [-0.05, 0) is 18.9 Å². The summed E-state index contributed by atoms with van der Waals surface area (Å²) in [5.41, 5.74) is 0.697. The van der Waals surface area contributed by atoms with E-state index in [-0.39, 0.29) is 10.8 Å². The fraction of sp³-hybridized carbons (Fsp3) is 0.600. The number of halogens is 2. The fourth-order valence-electron chi connectivity index (χ4n) is 2.69. The zero-order chi connectivity index (χ0) is 13.8. The van der Waals surface area contributed by atoms with Crippen molar-refractivity contribution in [2.75, 3.05) is 13.1 Å². The van der Waals surface area contributed by atoms with Crippen LogP contribution in [0.3, 0.4) is 0 Å². The van der Waals surface area contributed by atoms with E-state index in [1.165, 1.54) is 0 Å². The summed E-state index contributed by atoms with van der Waals surface area (Å²) in [5.74, 6) is -0.273. The smallest absolute Gasteiger partial charge is 0.146 e. The van der Waals surface area contributed by atoms with Gasteiger partial charge in [0.25, 0.3) is 0 Å². The van der Waals surface area contributed by atoms with Gasteiger partial charge in [0.05, 0.1) is 5.02 Å².